The molecule has 5 nitrogen and oxygen atoms in total. The van der Waals surface area contributed by atoms with Crippen molar-refractivity contribution in [2.75, 3.05) is 11.9 Å². The van der Waals surface area contributed by atoms with Crippen molar-refractivity contribution < 1.29 is 9.21 Å². The molecular formula is C17H16N2O3. The SMILES string of the molecule is CN(C(=O)Cc1ccc2oc(=O)n(C)c2c1)c1ccccc1. The van der Waals surface area contributed by atoms with Gasteiger partial charge in [-0.15, -0.1) is 0 Å². The Morgan fingerprint density at radius 2 is 1.91 bits per heavy atom. The number of anilines is 1. The Labute approximate surface area is 127 Å². The highest BCUT2D eigenvalue weighted by molar-refractivity contribution is 5.94. The molecule has 0 fully saturated rings. The molecule has 0 unspecified atom stereocenters. The Kier molecular flexibility index (Phi) is 3.55. The molecule has 0 radical (unpaired) electrons. The third-order valence-electron chi connectivity index (χ3n) is 3.73. The maximum absolute atomic E-state index is 12.4. The van der Waals surface area contributed by atoms with Crippen LogP contribution < -0.4 is 10.7 Å². The lowest BCUT2D eigenvalue weighted by molar-refractivity contribution is -0.117. The average molecular weight is 296 g/mol. The minimum absolute atomic E-state index is 0.0148. The van der Waals surface area contributed by atoms with Gasteiger partial charge < -0.3 is 9.32 Å². The Morgan fingerprint density at radius 1 is 1.18 bits per heavy atom. The van der Waals surface area contributed by atoms with E-state index in [9.17, 15) is 9.59 Å². The Morgan fingerprint density at radius 3 is 2.64 bits per heavy atom. The zero-order valence-corrected chi connectivity index (χ0v) is 12.4. The van der Waals surface area contributed by atoms with E-state index >= 15 is 0 Å². The molecule has 0 bridgehead atoms. The Hall–Kier alpha value is -2.82. The summed E-state index contributed by atoms with van der Waals surface area (Å²) in [6.45, 7) is 0. The van der Waals surface area contributed by atoms with E-state index < -0.39 is 5.76 Å². The molecule has 0 aliphatic rings. The van der Waals surface area contributed by atoms with Crippen molar-refractivity contribution in [3.8, 4) is 0 Å². The van der Waals surface area contributed by atoms with Gasteiger partial charge in [-0.25, -0.2) is 4.79 Å². The molecule has 22 heavy (non-hydrogen) atoms. The van der Waals surface area contributed by atoms with Crippen LogP contribution in [0, 0.1) is 0 Å². The summed E-state index contributed by atoms with van der Waals surface area (Å²) in [6, 6.07) is 14.8. The number of nitrogens with zero attached hydrogens (tertiary/aromatic N) is 2. The smallest absolute Gasteiger partial charge is 0.408 e. The van der Waals surface area contributed by atoms with Gasteiger partial charge in [-0.05, 0) is 29.8 Å². The van der Waals surface area contributed by atoms with Crippen LogP contribution in [0.1, 0.15) is 5.56 Å². The predicted octanol–water partition coefficient (Wildman–Crippen LogP) is 2.34. The van der Waals surface area contributed by atoms with Crippen molar-refractivity contribution in [2.24, 2.45) is 7.05 Å². The van der Waals surface area contributed by atoms with E-state index in [0.29, 0.717) is 11.1 Å². The second kappa shape index (κ2) is 5.52. The molecule has 3 aromatic rings. The van der Waals surface area contributed by atoms with E-state index in [1.54, 1.807) is 25.1 Å². The van der Waals surface area contributed by atoms with Crippen LogP contribution in [0.15, 0.2) is 57.7 Å². The lowest BCUT2D eigenvalue weighted by Crippen LogP contribution is -2.27. The molecule has 1 aromatic heterocycles. The maximum Gasteiger partial charge on any atom is 0.419 e. The van der Waals surface area contributed by atoms with Crippen LogP contribution in [-0.4, -0.2) is 17.5 Å². The molecule has 1 amide bonds. The van der Waals surface area contributed by atoms with Crippen molar-refractivity contribution in [1.82, 2.24) is 4.57 Å². The average Bonchev–Trinajstić information content (AvgIpc) is 2.82. The highest BCUT2D eigenvalue weighted by atomic mass is 16.4. The topological polar surface area (TPSA) is 55.5 Å². The van der Waals surface area contributed by atoms with Gasteiger partial charge in [-0.2, -0.15) is 0 Å². The summed E-state index contributed by atoms with van der Waals surface area (Å²) < 4.78 is 6.52. The highest BCUT2D eigenvalue weighted by Crippen LogP contribution is 2.17. The summed E-state index contributed by atoms with van der Waals surface area (Å²) in [6.07, 6.45) is 0.265. The minimum atomic E-state index is -0.403. The van der Waals surface area contributed by atoms with Gasteiger partial charge in [0.05, 0.1) is 11.9 Å². The van der Waals surface area contributed by atoms with E-state index in [-0.39, 0.29) is 12.3 Å². The van der Waals surface area contributed by atoms with Gasteiger partial charge in [0.1, 0.15) is 0 Å². The summed E-state index contributed by atoms with van der Waals surface area (Å²) in [5.74, 6) is -0.418. The fraction of sp³-hybridized carbons (Fsp3) is 0.176. The van der Waals surface area contributed by atoms with E-state index in [1.165, 1.54) is 4.57 Å². The van der Waals surface area contributed by atoms with Crippen LogP contribution in [0.3, 0.4) is 0 Å². The maximum atomic E-state index is 12.4. The first-order valence-electron chi connectivity index (χ1n) is 6.96. The number of aryl methyl sites for hydroxylation is 1. The first kappa shape index (κ1) is 14.1. The van der Waals surface area contributed by atoms with Gasteiger partial charge in [0, 0.05) is 19.8 Å². The Bertz CT molecular complexity index is 878. The lowest BCUT2D eigenvalue weighted by Gasteiger charge is -2.17. The molecule has 0 saturated carbocycles. The van der Waals surface area contributed by atoms with Crippen LogP contribution in [0.4, 0.5) is 5.69 Å². The summed E-state index contributed by atoms with van der Waals surface area (Å²) in [4.78, 5) is 25.5. The molecule has 0 aliphatic heterocycles. The number of benzene rings is 2. The van der Waals surface area contributed by atoms with Gasteiger partial charge in [0.25, 0.3) is 0 Å². The van der Waals surface area contributed by atoms with Gasteiger partial charge in [-0.3, -0.25) is 9.36 Å². The van der Waals surface area contributed by atoms with Crippen molar-refractivity contribution in [3.63, 3.8) is 0 Å². The fourth-order valence-electron chi connectivity index (χ4n) is 2.37. The number of amides is 1. The van der Waals surface area contributed by atoms with Crippen LogP contribution in [-0.2, 0) is 18.3 Å². The second-order valence-electron chi connectivity index (χ2n) is 5.19. The first-order chi connectivity index (χ1) is 10.6. The molecular weight excluding hydrogens is 280 g/mol. The largest absolute Gasteiger partial charge is 0.419 e. The molecule has 2 aromatic carbocycles. The molecule has 112 valence electrons. The monoisotopic (exact) mass is 296 g/mol. The quantitative estimate of drug-likeness (QED) is 0.745. The normalized spacial score (nSPS) is 10.8. The molecule has 1 heterocycles. The minimum Gasteiger partial charge on any atom is -0.408 e. The number of oxazole rings is 1. The molecule has 0 saturated heterocycles. The van der Waals surface area contributed by atoms with Gasteiger partial charge >= 0.3 is 5.76 Å². The standard InChI is InChI=1S/C17H16N2O3/c1-18(13-6-4-3-5-7-13)16(20)11-12-8-9-15-14(10-12)19(2)17(21)22-15/h3-10H,11H2,1-2H3. The molecule has 3 rings (SSSR count). The van der Waals surface area contributed by atoms with Crippen molar-refractivity contribution in [2.45, 2.75) is 6.42 Å². The van der Waals surface area contributed by atoms with E-state index in [1.807, 2.05) is 42.5 Å². The number of hydrogen-bond acceptors (Lipinski definition) is 3. The van der Waals surface area contributed by atoms with Crippen LogP contribution >= 0.6 is 0 Å². The molecule has 0 spiro atoms. The number of fused-ring (bicyclic) bond motifs is 1. The number of likely N-dealkylation sites (N-methyl/N-ethyl adjacent to an activating group) is 1. The van der Waals surface area contributed by atoms with Crippen LogP contribution in [0.25, 0.3) is 11.1 Å². The zero-order chi connectivity index (χ0) is 15.7. The molecule has 5 heteroatoms. The van der Waals surface area contributed by atoms with Gasteiger partial charge in [0.2, 0.25) is 5.91 Å². The van der Waals surface area contributed by atoms with Crippen molar-refractivity contribution >= 4 is 22.7 Å². The lowest BCUT2D eigenvalue weighted by atomic mass is 10.1. The number of aromatic nitrogens is 1. The summed E-state index contributed by atoms with van der Waals surface area (Å²) in [7, 11) is 3.40. The first-order valence-corrected chi connectivity index (χ1v) is 6.96. The number of carbonyl (C=O) groups excluding carboxylic acids is 1. The number of carbonyl (C=O) groups is 1. The third-order valence-corrected chi connectivity index (χ3v) is 3.73. The highest BCUT2D eigenvalue weighted by Gasteiger charge is 2.13. The Balaban J connectivity index is 1.85. The van der Waals surface area contributed by atoms with E-state index in [2.05, 4.69) is 0 Å². The summed E-state index contributed by atoms with van der Waals surface area (Å²) >= 11 is 0. The second-order valence-corrected chi connectivity index (χ2v) is 5.19. The van der Waals surface area contributed by atoms with Crippen molar-refractivity contribution in [1.29, 1.82) is 0 Å². The summed E-state index contributed by atoms with van der Waals surface area (Å²) in [5, 5.41) is 0. The van der Waals surface area contributed by atoms with Gasteiger partial charge in [-0.1, -0.05) is 24.3 Å². The number of rotatable bonds is 3. The van der Waals surface area contributed by atoms with E-state index in [4.69, 9.17) is 4.42 Å². The van der Waals surface area contributed by atoms with E-state index in [0.717, 1.165) is 11.3 Å². The molecule has 0 aliphatic carbocycles. The fourth-order valence-corrected chi connectivity index (χ4v) is 2.37. The molecule has 0 N–H and O–H groups in total. The van der Waals surface area contributed by atoms with Crippen LogP contribution in [0.2, 0.25) is 0 Å². The van der Waals surface area contributed by atoms with Crippen molar-refractivity contribution in [3.05, 3.63) is 64.6 Å². The zero-order valence-electron chi connectivity index (χ0n) is 12.4. The van der Waals surface area contributed by atoms with Crippen LogP contribution in [0.5, 0.6) is 0 Å². The number of hydrogen-bond donors (Lipinski definition) is 0. The summed E-state index contributed by atoms with van der Waals surface area (Å²) in [5.41, 5.74) is 2.92. The van der Waals surface area contributed by atoms with Gasteiger partial charge in [0.15, 0.2) is 5.58 Å². The molecule has 0 atom stereocenters. The number of para-hydroxylation sites is 1. The predicted molar refractivity (Wildman–Crippen MR) is 85.0 cm³/mol. The third kappa shape index (κ3) is 2.53.